The molecule has 2 aliphatic heterocycles. The molecule has 26 heavy (non-hydrogen) atoms. The third-order valence-electron chi connectivity index (χ3n) is 4.94. The average Bonchev–Trinajstić information content (AvgIpc) is 2.63. The Morgan fingerprint density at radius 1 is 1.15 bits per heavy atom. The van der Waals surface area contributed by atoms with E-state index >= 15 is 0 Å². The van der Waals surface area contributed by atoms with Gasteiger partial charge in [0.1, 0.15) is 0 Å². The van der Waals surface area contributed by atoms with Gasteiger partial charge in [-0.1, -0.05) is 44.2 Å². The molecule has 0 bridgehead atoms. The van der Waals surface area contributed by atoms with Gasteiger partial charge in [0.15, 0.2) is 0 Å². The van der Waals surface area contributed by atoms with Crippen molar-refractivity contribution >= 4 is 30.7 Å². The van der Waals surface area contributed by atoms with Crippen molar-refractivity contribution in [1.82, 2.24) is 15.1 Å². The van der Waals surface area contributed by atoms with Crippen molar-refractivity contribution in [3.63, 3.8) is 0 Å². The summed E-state index contributed by atoms with van der Waals surface area (Å²) in [7, 11) is 0. The smallest absolute Gasteiger partial charge is 0.236 e. The Morgan fingerprint density at radius 3 is 2.42 bits per heavy atom. The zero-order chi connectivity index (χ0) is 16.9. The van der Waals surface area contributed by atoms with E-state index in [1.54, 1.807) is 0 Å². The van der Waals surface area contributed by atoms with Gasteiger partial charge in [-0.2, -0.15) is 0 Å². The van der Waals surface area contributed by atoms with Crippen LogP contribution in [0.3, 0.4) is 0 Å². The van der Waals surface area contributed by atoms with Crippen LogP contribution in [0.2, 0.25) is 0 Å². The van der Waals surface area contributed by atoms with Gasteiger partial charge in [0, 0.05) is 39.3 Å². The number of hydrogen-bond acceptors (Lipinski definition) is 4. The normalized spacial score (nSPS) is 23.9. The SMILES string of the molecule is CC(C)[C@H]1CN(CC(=O)N2CCNCC2)C[C@@H](c2ccccc2)O1.Cl.Cl. The lowest BCUT2D eigenvalue weighted by Crippen LogP contribution is -2.53. The third-order valence-corrected chi connectivity index (χ3v) is 4.94. The van der Waals surface area contributed by atoms with Crippen LogP contribution in [-0.4, -0.2) is 67.6 Å². The van der Waals surface area contributed by atoms with Crippen molar-refractivity contribution in [2.24, 2.45) is 5.92 Å². The highest BCUT2D eigenvalue weighted by atomic mass is 35.5. The number of nitrogens with zero attached hydrogens (tertiary/aromatic N) is 2. The molecule has 0 radical (unpaired) electrons. The zero-order valence-electron chi connectivity index (χ0n) is 15.6. The van der Waals surface area contributed by atoms with E-state index < -0.39 is 0 Å². The maximum absolute atomic E-state index is 12.6. The number of rotatable bonds is 4. The van der Waals surface area contributed by atoms with Crippen molar-refractivity contribution < 1.29 is 9.53 Å². The first kappa shape index (κ1) is 23.2. The van der Waals surface area contributed by atoms with Gasteiger partial charge in [0.25, 0.3) is 0 Å². The summed E-state index contributed by atoms with van der Waals surface area (Å²) < 4.78 is 6.31. The third kappa shape index (κ3) is 6.10. The van der Waals surface area contributed by atoms with Crippen LogP contribution >= 0.6 is 24.8 Å². The van der Waals surface area contributed by atoms with Crippen LogP contribution in [0.1, 0.15) is 25.5 Å². The lowest BCUT2D eigenvalue weighted by Gasteiger charge is -2.40. The highest BCUT2D eigenvalue weighted by Crippen LogP contribution is 2.28. The summed E-state index contributed by atoms with van der Waals surface area (Å²) in [6.07, 6.45) is 0.211. The molecule has 0 saturated carbocycles. The number of benzene rings is 1. The zero-order valence-corrected chi connectivity index (χ0v) is 17.2. The summed E-state index contributed by atoms with van der Waals surface area (Å²) in [5.74, 6) is 0.681. The number of hydrogen-bond donors (Lipinski definition) is 1. The number of carbonyl (C=O) groups is 1. The fourth-order valence-electron chi connectivity index (χ4n) is 3.41. The fraction of sp³-hybridized carbons (Fsp3) is 0.632. The van der Waals surface area contributed by atoms with Crippen molar-refractivity contribution in [2.45, 2.75) is 26.1 Å². The van der Waals surface area contributed by atoms with E-state index in [-0.39, 0.29) is 42.9 Å². The minimum atomic E-state index is 0. The first-order chi connectivity index (χ1) is 11.6. The van der Waals surface area contributed by atoms with Gasteiger partial charge in [-0.05, 0) is 11.5 Å². The largest absolute Gasteiger partial charge is 0.367 e. The Hall–Kier alpha value is -0.850. The average molecular weight is 404 g/mol. The van der Waals surface area contributed by atoms with E-state index in [1.807, 2.05) is 23.1 Å². The topological polar surface area (TPSA) is 44.8 Å². The van der Waals surface area contributed by atoms with Gasteiger partial charge in [0.05, 0.1) is 18.8 Å². The van der Waals surface area contributed by atoms with E-state index in [2.05, 4.69) is 36.2 Å². The molecular weight excluding hydrogens is 373 g/mol. The van der Waals surface area contributed by atoms with Crippen molar-refractivity contribution in [1.29, 1.82) is 0 Å². The van der Waals surface area contributed by atoms with E-state index in [1.165, 1.54) is 5.56 Å². The molecule has 3 rings (SSSR count). The highest BCUT2D eigenvalue weighted by Gasteiger charge is 2.32. The minimum Gasteiger partial charge on any atom is -0.367 e. The first-order valence-corrected chi connectivity index (χ1v) is 9.04. The van der Waals surface area contributed by atoms with Crippen LogP contribution in [0.25, 0.3) is 0 Å². The van der Waals surface area contributed by atoms with Crippen LogP contribution < -0.4 is 5.32 Å². The number of amides is 1. The first-order valence-electron chi connectivity index (χ1n) is 9.04. The molecule has 0 aliphatic carbocycles. The molecule has 5 nitrogen and oxygen atoms in total. The molecular formula is C19H31Cl2N3O2. The Morgan fingerprint density at radius 2 is 1.81 bits per heavy atom. The lowest BCUT2D eigenvalue weighted by molar-refractivity contribution is -0.140. The van der Waals surface area contributed by atoms with Crippen LogP contribution in [0.15, 0.2) is 30.3 Å². The maximum Gasteiger partial charge on any atom is 0.236 e. The lowest BCUT2D eigenvalue weighted by atomic mass is 10.0. The summed E-state index contributed by atoms with van der Waals surface area (Å²) in [6, 6.07) is 10.4. The van der Waals surface area contributed by atoms with Crippen LogP contribution in [0.5, 0.6) is 0 Å². The van der Waals surface area contributed by atoms with Gasteiger partial charge in [-0.3, -0.25) is 9.69 Å². The van der Waals surface area contributed by atoms with E-state index in [4.69, 9.17) is 4.74 Å². The molecule has 0 aromatic heterocycles. The molecule has 2 aliphatic rings. The monoisotopic (exact) mass is 403 g/mol. The van der Waals surface area contributed by atoms with Gasteiger partial charge >= 0.3 is 0 Å². The minimum absolute atomic E-state index is 0. The Bertz CT molecular complexity index is 539. The molecule has 2 heterocycles. The van der Waals surface area contributed by atoms with Crippen molar-refractivity contribution in [2.75, 3.05) is 45.8 Å². The van der Waals surface area contributed by atoms with Gasteiger partial charge in [0.2, 0.25) is 5.91 Å². The van der Waals surface area contributed by atoms with Crippen LogP contribution in [0.4, 0.5) is 0 Å². The Balaban J connectivity index is 0.00000169. The molecule has 1 amide bonds. The molecule has 2 saturated heterocycles. The highest BCUT2D eigenvalue weighted by molar-refractivity contribution is 5.85. The van der Waals surface area contributed by atoms with Crippen LogP contribution in [0, 0.1) is 5.92 Å². The van der Waals surface area contributed by atoms with E-state index in [0.29, 0.717) is 12.5 Å². The van der Waals surface area contributed by atoms with E-state index in [0.717, 1.165) is 39.3 Å². The molecule has 0 unspecified atom stereocenters. The molecule has 1 N–H and O–H groups in total. The molecule has 1 aromatic carbocycles. The quantitative estimate of drug-likeness (QED) is 0.837. The number of nitrogens with one attached hydrogen (secondary N) is 1. The summed E-state index contributed by atoms with van der Waals surface area (Å²) >= 11 is 0. The predicted molar refractivity (Wildman–Crippen MR) is 109 cm³/mol. The van der Waals surface area contributed by atoms with Gasteiger partial charge in [-0.15, -0.1) is 24.8 Å². The number of carbonyl (C=O) groups excluding carboxylic acids is 1. The fourth-order valence-corrected chi connectivity index (χ4v) is 3.41. The number of ether oxygens (including phenoxy) is 1. The second-order valence-electron chi connectivity index (χ2n) is 7.14. The standard InChI is InChI=1S/C19H29N3O2.2ClH/c1-15(2)17-12-21(14-19(23)22-10-8-20-9-11-22)13-18(24-17)16-6-4-3-5-7-16;;/h3-7,15,17-18,20H,8-14H2,1-2H3;2*1H/t17-,18+;;/m1../s1. The Labute approximate surface area is 169 Å². The van der Waals surface area contributed by atoms with Gasteiger partial charge in [-0.25, -0.2) is 0 Å². The van der Waals surface area contributed by atoms with Crippen LogP contribution in [-0.2, 0) is 9.53 Å². The number of morpholine rings is 1. The van der Waals surface area contributed by atoms with E-state index in [9.17, 15) is 4.79 Å². The predicted octanol–water partition coefficient (Wildman–Crippen LogP) is 2.36. The molecule has 1 aromatic rings. The second kappa shape index (κ2) is 11.1. The van der Waals surface area contributed by atoms with Crippen molar-refractivity contribution in [3.8, 4) is 0 Å². The summed E-state index contributed by atoms with van der Waals surface area (Å²) in [4.78, 5) is 16.9. The van der Waals surface area contributed by atoms with Gasteiger partial charge < -0.3 is 15.0 Å². The molecule has 148 valence electrons. The molecule has 0 spiro atoms. The van der Waals surface area contributed by atoms with Crippen molar-refractivity contribution in [3.05, 3.63) is 35.9 Å². The summed E-state index contributed by atoms with van der Waals surface area (Å²) in [5, 5.41) is 3.30. The molecule has 2 fully saturated rings. The Kier molecular flexibility index (Phi) is 9.90. The number of piperazine rings is 1. The maximum atomic E-state index is 12.6. The summed E-state index contributed by atoms with van der Waals surface area (Å²) in [5.41, 5.74) is 1.20. The number of halogens is 2. The summed E-state index contributed by atoms with van der Waals surface area (Å²) in [6.45, 7) is 9.92. The molecule has 7 heteroatoms. The second-order valence-corrected chi connectivity index (χ2v) is 7.14. The molecule has 2 atom stereocenters.